The van der Waals surface area contributed by atoms with E-state index in [0.717, 1.165) is 26.4 Å². The lowest BCUT2D eigenvalue weighted by Crippen LogP contribution is -2.14. The molecule has 0 aromatic rings. The maximum Gasteiger partial charge on any atom is 0.426 e. The zero-order chi connectivity index (χ0) is 20.2. The highest BCUT2D eigenvalue weighted by Crippen LogP contribution is 2.15. The molecule has 0 heterocycles. The molecule has 0 aromatic carbocycles. The summed E-state index contributed by atoms with van der Waals surface area (Å²) in [6.45, 7) is 4.07. The van der Waals surface area contributed by atoms with Crippen molar-refractivity contribution in [2.45, 2.75) is 129 Å². The fraction of sp³-hybridized carbons (Fsp3) is 1.00. The molecule has 0 aliphatic carbocycles. The Hall–Kier alpha value is -0.210. The van der Waals surface area contributed by atoms with E-state index in [0.29, 0.717) is 0 Å². The van der Waals surface area contributed by atoms with E-state index in [4.69, 9.17) is 4.89 Å². The Labute approximate surface area is 174 Å². The number of unbranched alkanes of at least 4 members (excludes halogenated alkanes) is 15. The van der Waals surface area contributed by atoms with Crippen molar-refractivity contribution in [2.24, 2.45) is 0 Å². The molecular formula is C21H47NO5S. The second-order valence-electron chi connectivity index (χ2n) is 7.64. The Morgan fingerprint density at radius 1 is 0.679 bits per heavy atom. The molecule has 0 aliphatic heterocycles. The summed E-state index contributed by atoms with van der Waals surface area (Å²) in [5.41, 5.74) is 0. The van der Waals surface area contributed by atoms with Crippen LogP contribution < -0.4 is 6.15 Å². The van der Waals surface area contributed by atoms with Crippen LogP contribution in [0.15, 0.2) is 0 Å². The molecule has 0 saturated heterocycles. The summed E-state index contributed by atoms with van der Waals surface area (Å²) in [6, 6.07) is 0. The first kappa shape index (κ1) is 30.0. The standard InChI is InChI=1S/C21H44O5S.H3N/c1-4-5-6-7-8-9-10-11-12-13-14-15-16-17-18-19-20-21(2)25-26-27(22,23)24-3;/h21H,4-20H2,1-3H3;1H3. The topological polar surface area (TPSA) is 96.8 Å². The van der Waals surface area contributed by atoms with Crippen LogP contribution in [0.25, 0.3) is 0 Å². The molecular weight excluding hydrogens is 378 g/mol. The summed E-state index contributed by atoms with van der Waals surface area (Å²) in [6.07, 6.45) is 22.0. The van der Waals surface area contributed by atoms with Gasteiger partial charge in [-0.2, -0.15) is 8.42 Å². The lowest BCUT2D eigenvalue weighted by Gasteiger charge is -2.10. The van der Waals surface area contributed by atoms with Gasteiger partial charge in [0.05, 0.1) is 13.2 Å². The summed E-state index contributed by atoms with van der Waals surface area (Å²) in [5, 5.41) is 0. The highest BCUT2D eigenvalue weighted by molar-refractivity contribution is 7.81. The smallest absolute Gasteiger partial charge is 0.344 e. The second kappa shape index (κ2) is 21.5. The Bertz CT molecular complexity index is 404. The van der Waals surface area contributed by atoms with Crippen LogP contribution >= 0.6 is 0 Å². The van der Waals surface area contributed by atoms with Crippen LogP contribution in [0.5, 0.6) is 0 Å². The zero-order valence-corrected chi connectivity index (χ0v) is 19.6. The van der Waals surface area contributed by atoms with E-state index in [1.807, 2.05) is 0 Å². The lowest BCUT2D eigenvalue weighted by atomic mass is 10.0. The van der Waals surface area contributed by atoms with Gasteiger partial charge in [-0.05, 0) is 13.3 Å². The third kappa shape index (κ3) is 22.1. The Morgan fingerprint density at radius 3 is 1.39 bits per heavy atom. The Balaban J connectivity index is 0. The molecule has 0 saturated carbocycles. The number of hydrogen-bond acceptors (Lipinski definition) is 6. The number of rotatable bonds is 21. The fourth-order valence-electron chi connectivity index (χ4n) is 3.17. The molecule has 0 bridgehead atoms. The highest BCUT2D eigenvalue weighted by Gasteiger charge is 2.13. The van der Waals surface area contributed by atoms with Gasteiger partial charge in [-0.25, -0.2) is 9.07 Å². The van der Waals surface area contributed by atoms with Crippen molar-refractivity contribution >= 4 is 10.4 Å². The van der Waals surface area contributed by atoms with E-state index in [1.54, 1.807) is 6.92 Å². The van der Waals surface area contributed by atoms with Crippen molar-refractivity contribution < 1.29 is 21.8 Å². The number of hydrogen-bond donors (Lipinski definition) is 1. The third-order valence-corrected chi connectivity index (χ3v) is 5.61. The summed E-state index contributed by atoms with van der Waals surface area (Å²) in [5.74, 6) is 0. The maximum absolute atomic E-state index is 11.0. The largest absolute Gasteiger partial charge is 0.426 e. The Kier molecular flexibility index (Phi) is 23.0. The predicted octanol–water partition coefficient (Wildman–Crippen LogP) is 7.03. The minimum absolute atomic E-state index is 0. The normalized spacial score (nSPS) is 12.7. The molecule has 0 rings (SSSR count). The predicted molar refractivity (Wildman–Crippen MR) is 117 cm³/mol. The van der Waals surface area contributed by atoms with E-state index < -0.39 is 10.4 Å². The van der Waals surface area contributed by atoms with E-state index in [2.05, 4.69) is 15.4 Å². The molecule has 0 radical (unpaired) electrons. The lowest BCUT2D eigenvalue weighted by molar-refractivity contribution is -0.243. The molecule has 1 atom stereocenters. The average Bonchev–Trinajstić information content (AvgIpc) is 2.66. The van der Waals surface area contributed by atoms with Crippen LogP contribution in [0.2, 0.25) is 0 Å². The molecule has 0 aromatic heterocycles. The van der Waals surface area contributed by atoms with Gasteiger partial charge in [0.15, 0.2) is 0 Å². The summed E-state index contributed by atoms with van der Waals surface area (Å²) in [4.78, 5) is 4.81. The molecule has 28 heavy (non-hydrogen) atoms. The van der Waals surface area contributed by atoms with Gasteiger partial charge in [0.2, 0.25) is 0 Å². The zero-order valence-electron chi connectivity index (χ0n) is 18.8. The molecule has 3 N–H and O–H groups in total. The van der Waals surface area contributed by atoms with Crippen LogP contribution in [-0.4, -0.2) is 21.6 Å². The third-order valence-electron chi connectivity index (χ3n) is 4.96. The van der Waals surface area contributed by atoms with Gasteiger partial charge in [0.1, 0.15) is 0 Å². The van der Waals surface area contributed by atoms with Gasteiger partial charge >= 0.3 is 10.4 Å². The van der Waals surface area contributed by atoms with E-state index in [1.165, 1.54) is 89.9 Å². The van der Waals surface area contributed by atoms with Gasteiger partial charge in [-0.3, -0.25) is 0 Å². The van der Waals surface area contributed by atoms with Crippen molar-refractivity contribution in [1.29, 1.82) is 0 Å². The second-order valence-corrected chi connectivity index (χ2v) is 8.93. The maximum atomic E-state index is 11.0. The Morgan fingerprint density at radius 2 is 1.04 bits per heavy atom. The minimum Gasteiger partial charge on any atom is -0.344 e. The van der Waals surface area contributed by atoms with Crippen LogP contribution in [0.1, 0.15) is 123 Å². The quantitative estimate of drug-likeness (QED) is 0.120. The fourth-order valence-corrected chi connectivity index (χ4v) is 3.46. The first-order valence-electron chi connectivity index (χ1n) is 11.2. The molecule has 6 nitrogen and oxygen atoms in total. The van der Waals surface area contributed by atoms with Crippen LogP contribution in [0.4, 0.5) is 0 Å². The summed E-state index contributed by atoms with van der Waals surface area (Å²) < 4.78 is 30.3. The van der Waals surface area contributed by atoms with Crippen molar-refractivity contribution in [3.8, 4) is 0 Å². The molecule has 0 aliphatic rings. The van der Waals surface area contributed by atoms with Crippen LogP contribution in [0, 0.1) is 0 Å². The molecule has 172 valence electrons. The van der Waals surface area contributed by atoms with Crippen LogP contribution in [-0.2, 0) is 23.8 Å². The first-order valence-corrected chi connectivity index (χ1v) is 12.5. The van der Waals surface area contributed by atoms with Gasteiger partial charge < -0.3 is 6.15 Å². The van der Waals surface area contributed by atoms with Crippen molar-refractivity contribution in [3.63, 3.8) is 0 Å². The van der Waals surface area contributed by atoms with Gasteiger partial charge in [0, 0.05) is 0 Å². The van der Waals surface area contributed by atoms with Crippen molar-refractivity contribution in [2.75, 3.05) is 7.11 Å². The first-order chi connectivity index (χ1) is 13.0. The molecule has 7 heteroatoms. The molecule has 0 fully saturated rings. The van der Waals surface area contributed by atoms with Crippen molar-refractivity contribution in [1.82, 2.24) is 6.15 Å². The molecule has 1 unspecified atom stereocenters. The monoisotopic (exact) mass is 425 g/mol. The van der Waals surface area contributed by atoms with E-state index in [9.17, 15) is 8.42 Å². The van der Waals surface area contributed by atoms with Gasteiger partial charge in [-0.1, -0.05) is 114 Å². The van der Waals surface area contributed by atoms with Gasteiger partial charge in [-0.15, -0.1) is 0 Å². The van der Waals surface area contributed by atoms with Gasteiger partial charge in [0.25, 0.3) is 0 Å². The summed E-state index contributed by atoms with van der Waals surface area (Å²) >= 11 is 0. The van der Waals surface area contributed by atoms with Crippen molar-refractivity contribution in [3.05, 3.63) is 0 Å². The molecule has 0 spiro atoms. The SMILES string of the molecule is CCCCCCCCCCCCCCCCCCC(C)OOS(=O)(=O)OC.N. The minimum atomic E-state index is -4.00. The summed E-state index contributed by atoms with van der Waals surface area (Å²) in [7, 11) is -2.96. The van der Waals surface area contributed by atoms with E-state index >= 15 is 0 Å². The molecule has 0 amide bonds. The average molecular weight is 426 g/mol. The van der Waals surface area contributed by atoms with Crippen LogP contribution in [0.3, 0.4) is 0 Å². The van der Waals surface area contributed by atoms with E-state index in [-0.39, 0.29) is 12.3 Å². The highest BCUT2D eigenvalue weighted by atomic mass is 32.3.